The van der Waals surface area contributed by atoms with Crippen LogP contribution in [-0.2, 0) is 0 Å². The molecule has 0 radical (unpaired) electrons. The molecule has 1 unspecified atom stereocenters. The fourth-order valence-corrected chi connectivity index (χ4v) is 3.06. The van der Waals surface area contributed by atoms with Crippen LogP contribution in [0.1, 0.15) is 13.8 Å². The van der Waals surface area contributed by atoms with Crippen LogP contribution in [-0.4, -0.2) is 11.8 Å². The molecular formula is C11H14BrNS. The fourth-order valence-electron chi connectivity index (χ4n) is 1.53. The van der Waals surface area contributed by atoms with Gasteiger partial charge in [-0.2, -0.15) is 0 Å². The predicted molar refractivity (Wildman–Crippen MR) is 67.1 cm³/mol. The summed E-state index contributed by atoms with van der Waals surface area (Å²) in [6.07, 6.45) is 0. The summed E-state index contributed by atoms with van der Waals surface area (Å²) in [5, 5.41) is 4.18. The minimum absolute atomic E-state index is 0.698. The molecule has 14 heavy (non-hydrogen) atoms. The molecule has 2 rings (SSSR count). The largest absolute Gasteiger partial charge is 0.383 e. The van der Waals surface area contributed by atoms with Crippen LogP contribution in [0.25, 0.3) is 0 Å². The zero-order chi connectivity index (χ0) is 10.1. The average Bonchev–Trinajstić information content (AvgIpc) is 2.16. The van der Waals surface area contributed by atoms with Crippen molar-refractivity contribution in [1.29, 1.82) is 0 Å². The van der Waals surface area contributed by atoms with Crippen LogP contribution >= 0.6 is 27.7 Å². The van der Waals surface area contributed by atoms with E-state index in [4.69, 9.17) is 0 Å². The van der Waals surface area contributed by atoms with E-state index in [0.29, 0.717) is 5.25 Å². The van der Waals surface area contributed by atoms with Crippen LogP contribution in [0.2, 0.25) is 0 Å². The second-order valence-corrected chi connectivity index (χ2v) is 6.12. The van der Waals surface area contributed by atoms with Crippen molar-refractivity contribution in [2.75, 3.05) is 11.9 Å². The Morgan fingerprint density at radius 3 is 3.00 bits per heavy atom. The van der Waals surface area contributed by atoms with Crippen LogP contribution in [0.3, 0.4) is 0 Å². The lowest BCUT2D eigenvalue weighted by Crippen LogP contribution is -2.25. The van der Waals surface area contributed by atoms with E-state index in [0.717, 1.165) is 16.9 Å². The lowest BCUT2D eigenvalue weighted by atomic mass is 10.1. The summed E-state index contributed by atoms with van der Waals surface area (Å²) in [6, 6.07) is 6.45. The van der Waals surface area contributed by atoms with Gasteiger partial charge in [-0.05, 0) is 24.1 Å². The minimum atomic E-state index is 0.698. The summed E-state index contributed by atoms with van der Waals surface area (Å²) in [6.45, 7) is 5.64. The van der Waals surface area contributed by atoms with Gasteiger partial charge in [0.05, 0.1) is 0 Å². The van der Waals surface area contributed by atoms with Crippen molar-refractivity contribution in [1.82, 2.24) is 0 Å². The molecule has 1 nitrogen and oxygen atoms in total. The summed E-state index contributed by atoms with van der Waals surface area (Å²) < 4.78 is 1.15. The maximum atomic E-state index is 3.49. The number of nitrogens with one attached hydrogen (secondary N) is 1. The third-order valence-corrected chi connectivity index (χ3v) is 4.57. The molecule has 1 atom stereocenters. The van der Waals surface area contributed by atoms with E-state index in [1.54, 1.807) is 0 Å². The SMILES string of the molecule is CC(C)C1CNc2cc(Br)ccc2S1. The molecule has 1 heterocycles. The predicted octanol–water partition coefficient (Wildman–Crippen LogP) is 3.99. The number of hydrogen-bond acceptors (Lipinski definition) is 2. The van der Waals surface area contributed by atoms with Crippen molar-refractivity contribution < 1.29 is 0 Å². The maximum absolute atomic E-state index is 3.49. The van der Waals surface area contributed by atoms with E-state index >= 15 is 0 Å². The lowest BCUT2D eigenvalue weighted by Gasteiger charge is -2.28. The Hall–Kier alpha value is -0.150. The van der Waals surface area contributed by atoms with Gasteiger partial charge < -0.3 is 5.32 Å². The highest BCUT2D eigenvalue weighted by Gasteiger charge is 2.21. The number of fused-ring (bicyclic) bond motifs is 1. The first-order valence-electron chi connectivity index (χ1n) is 4.87. The molecule has 1 aliphatic rings. The molecule has 3 heteroatoms. The first-order valence-corrected chi connectivity index (χ1v) is 6.54. The van der Waals surface area contributed by atoms with E-state index in [-0.39, 0.29) is 0 Å². The number of anilines is 1. The fraction of sp³-hybridized carbons (Fsp3) is 0.455. The van der Waals surface area contributed by atoms with Gasteiger partial charge in [-0.3, -0.25) is 0 Å². The zero-order valence-electron chi connectivity index (χ0n) is 8.38. The van der Waals surface area contributed by atoms with E-state index in [1.807, 2.05) is 11.8 Å². The van der Waals surface area contributed by atoms with Gasteiger partial charge in [-0.15, -0.1) is 11.8 Å². The second kappa shape index (κ2) is 4.15. The van der Waals surface area contributed by atoms with Gasteiger partial charge in [0.2, 0.25) is 0 Å². The molecule has 76 valence electrons. The zero-order valence-corrected chi connectivity index (χ0v) is 10.8. The molecule has 0 fully saturated rings. The molecule has 0 amide bonds. The molecule has 0 aromatic heterocycles. The van der Waals surface area contributed by atoms with Gasteiger partial charge in [0.25, 0.3) is 0 Å². The molecule has 0 saturated heterocycles. The summed E-state index contributed by atoms with van der Waals surface area (Å²) in [4.78, 5) is 1.37. The number of halogens is 1. The molecule has 1 aliphatic heterocycles. The quantitative estimate of drug-likeness (QED) is 0.829. The van der Waals surface area contributed by atoms with Crippen LogP contribution < -0.4 is 5.32 Å². The normalized spacial score (nSPS) is 20.4. The number of hydrogen-bond donors (Lipinski definition) is 1. The van der Waals surface area contributed by atoms with Gasteiger partial charge >= 0.3 is 0 Å². The molecule has 1 aromatic carbocycles. The summed E-state index contributed by atoms with van der Waals surface area (Å²) in [5.41, 5.74) is 1.27. The maximum Gasteiger partial charge on any atom is 0.0490 e. The van der Waals surface area contributed by atoms with Crippen molar-refractivity contribution in [3.63, 3.8) is 0 Å². The van der Waals surface area contributed by atoms with E-state index in [2.05, 4.69) is 53.3 Å². The number of rotatable bonds is 1. The highest BCUT2D eigenvalue weighted by molar-refractivity contribution is 9.10. The van der Waals surface area contributed by atoms with Crippen molar-refractivity contribution in [3.8, 4) is 0 Å². The van der Waals surface area contributed by atoms with Gasteiger partial charge in [0.15, 0.2) is 0 Å². The van der Waals surface area contributed by atoms with Crippen LogP contribution in [0.15, 0.2) is 27.6 Å². The van der Waals surface area contributed by atoms with E-state index in [9.17, 15) is 0 Å². The van der Waals surface area contributed by atoms with Crippen molar-refractivity contribution in [2.45, 2.75) is 24.0 Å². The van der Waals surface area contributed by atoms with Crippen molar-refractivity contribution >= 4 is 33.4 Å². The van der Waals surface area contributed by atoms with Gasteiger partial charge in [-0.1, -0.05) is 29.8 Å². The third kappa shape index (κ3) is 2.09. The number of thioether (sulfide) groups is 1. The Kier molecular flexibility index (Phi) is 3.07. The molecule has 1 N–H and O–H groups in total. The third-order valence-electron chi connectivity index (χ3n) is 2.46. The second-order valence-electron chi connectivity index (χ2n) is 3.92. The Labute approximate surface area is 97.8 Å². The van der Waals surface area contributed by atoms with Gasteiger partial charge in [0.1, 0.15) is 0 Å². The first kappa shape index (κ1) is 10.4. The molecule has 0 aliphatic carbocycles. The first-order chi connectivity index (χ1) is 6.66. The van der Waals surface area contributed by atoms with E-state index in [1.165, 1.54) is 10.6 Å². The minimum Gasteiger partial charge on any atom is -0.383 e. The van der Waals surface area contributed by atoms with Crippen molar-refractivity contribution in [2.24, 2.45) is 5.92 Å². The van der Waals surface area contributed by atoms with Crippen LogP contribution in [0.5, 0.6) is 0 Å². The standard InChI is InChI=1S/C11H14BrNS/c1-7(2)11-6-13-9-5-8(12)3-4-10(9)14-11/h3-5,7,11,13H,6H2,1-2H3. The Bertz CT molecular complexity index is 338. The summed E-state index contributed by atoms with van der Waals surface area (Å²) >= 11 is 5.48. The summed E-state index contributed by atoms with van der Waals surface area (Å²) in [5.74, 6) is 0.726. The topological polar surface area (TPSA) is 12.0 Å². The van der Waals surface area contributed by atoms with Crippen molar-refractivity contribution in [3.05, 3.63) is 22.7 Å². The van der Waals surface area contributed by atoms with Gasteiger partial charge in [0, 0.05) is 26.9 Å². The molecule has 0 saturated carbocycles. The lowest BCUT2D eigenvalue weighted by molar-refractivity contribution is 0.620. The Balaban J connectivity index is 2.23. The average molecular weight is 272 g/mol. The monoisotopic (exact) mass is 271 g/mol. The smallest absolute Gasteiger partial charge is 0.0490 e. The molecule has 1 aromatic rings. The molecule has 0 spiro atoms. The number of benzene rings is 1. The van der Waals surface area contributed by atoms with E-state index < -0.39 is 0 Å². The Morgan fingerprint density at radius 2 is 2.29 bits per heavy atom. The Morgan fingerprint density at radius 1 is 1.50 bits per heavy atom. The van der Waals surface area contributed by atoms with Crippen LogP contribution in [0, 0.1) is 5.92 Å². The molecular weight excluding hydrogens is 258 g/mol. The highest BCUT2D eigenvalue weighted by atomic mass is 79.9. The van der Waals surface area contributed by atoms with Gasteiger partial charge in [-0.25, -0.2) is 0 Å². The van der Waals surface area contributed by atoms with Crippen LogP contribution in [0.4, 0.5) is 5.69 Å². The highest BCUT2D eigenvalue weighted by Crippen LogP contribution is 2.38. The molecule has 0 bridgehead atoms. The summed E-state index contributed by atoms with van der Waals surface area (Å²) in [7, 11) is 0.